The van der Waals surface area contributed by atoms with Crippen molar-refractivity contribution in [2.24, 2.45) is 0 Å². The molecule has 0 N–H and O–H groups in total. The fraction of sp³-hybridized carbons (Fsp3) is 0.0625. The van der Waals surface area contributed by atoms with Gasteiger partial charge in [-0.15, -0.1) is 0 Å². The van der Waals surface area contributed by atoms with E-state index in [1.54, 1.807) is 0 Å². The van der Waals surface area contributed by atoms with E-state index in [4.69, 9.17) is 4.42 Å². The number of para-hydroxylation sites is 1. The monoisotopic (exact) mass is 435 g/mol. The largest absolute Gasteiger partial charge is 0.456 e. The Hall–Kier alpha value is -4.30. The van der Waals surface area contributed by atoms with Gasteiger partial charge in [-0.1, -0.05) is 91.0 Å². The van der Waals surface area contributed by atoms with Crippen molar-refractivity contribution < 1.29 is 4.42 Å². The van der Waals surface area contributed by atoms with Gasteiger partial charge >= 0.3 is 0 Å². The van der Waals surface area contributed by atoms with Gasteiger partial charge in [0.25, 0.3) is 0 Å². The molecule has 0 amide bonds. The number of hydrogen-bond donors (Lipinski definition) is 0. The molecule has 0 bridgehead atoms. The van der Waals surface area contributed by atoms with Gasteiger partial charge in [0.1, 0.15) is 11.2 Å². The van der Waals surface area contributed by atoms with Crippen molar-refractivity contribution in [2.45, 2.75) is 12.1 Å². The Kier molecular flexibility index (Phi) is 3.53. The summed E-state index contributed by atoms with van der Waals surface area (Å²) in [5.74, 6) is 0. The quantitative estimate of drug-likeness (QED) is 0.253. The molecule has 0 radical (unpaired) electrons. The van der Waals surface area contributed by atoms with Crippen LogP contribution in [0.5, 0.6) is 0 Å². The zero-order chi connectivity index (χ0) is 22.2. The molecule has 6 aromatic rings. The summed E-state index contributed by atoms with van der Waals surface area (Å²) < 4.78 is 6.50. The van der Waals surface area contributed by atoms with Crippen LogP contribution in [0.1, 0.15) is 23.2 Å². The third kappa shape index (κ3) is 2.40. The Bertz CT molecular complexity index is 1710. The summed E-state index contributed by atoms with van der Waals surface area (Å²) in [5.41, 5.74) is 11.1. The van der Waals surface area contributed by atoms with E-state index in [1.165, 1.54) is 49.8 Å². The van der Waals surface area contributed by atoms with Gasteiger partial charge in [-0.3, -0.25) is 0 Å². The number of benzene rings is 5. The second-order valence-corrected chi connectivity index (χ2v) is 9.30. The highest BCUT2D eigenvalue weighted by Crippen LogP contribution is 2.64. The lowest BCUT2D eigenvalue weighted by Crippen LogP contribution is -1.99. The second kappa shape index (κ2) is 6.61. The number of nitrogens with zero attached hydrogens (tertiary/aromatic N) is 1. The van der Waals surface area contributed by atoms with Crippen molar-refractivity contribution >= 4 is 27.6 Å². The minimum atomic E-state index is 0.289. The molecule has 2 nitrogen and oxygen atoms in total. The molecular weight excluding hydrogens is 414 g/mol. The summed E-state index contributed by atoms with van der Waals surface area (Å²) in [4.78, 5) is 2.55. The van der Waals surface area contributed by atoms with E-state index >= 15 is 0 Å². The molecular formula is C32H21NO. The molecule has 1 aliphatic carbocycles. The second-order valence-electron chi connectivity index (χ2n) is 9.30. The van der Waals surface area contributed by atoms with Gasteiger partial charge in [0.05, 0.1) is 12.1 Å². The predicted molar refractivity (Wildman–Crippen MR) is 139 cm³/mol. The van der Waals surface area contributed by atoms with Gasteiger partial charge < -0.3 is 9.32 Å². The third-order valence-electron chi connectivity index (χ3n) is 7.53. The molecule has 0 spiro atoms. The van der Waals surface area contributed by atoms with E-state index in [2.05, 4.69) is 114 Å². The highest BCUT2D eigenvalue weighted by atomic mass is 16.3. The normalized spacial score (nSPS) is 17.9. The first-order valence-corrected chi connectivity index (χ1v) is 11.9. The predicted octanol–water partition coefficient (Wildman–Crippen LogP) is 8.54. The van der Waals surface area contributed by atoms with Crippen molar-refractivity contribution in [1.29, 1.82) is 0 Å². The number of fused-ring (bicyclic) bond motifs is 10. The van der Waals surface area contributed by atoms with Crippen LogP contribution in [-0.2, 0) is 0 Å². The average Bonchev–Trinajstić information content (AvgIpc) is 3.54. The van der Waals surface area contributed by atoms with E-state index in [9.17, 15) is 0 Å². The van der Waals surface area contributed by atoms with Crippen LogP contribution in [0.25, 0.3) is 44.2 Å². The molecule has 1 saturated heterocycles. The number of anilines is 1. The van der Waals surface area contributed by atoms with E-state index in [1.807, 2.05) is 6.07 Å². The Morgan fingerprint density at radius 3 is 2.15 bits per heavy atom. The molecule has 1 aromatic heterocycles. The van der Waals surface area contributed by atoms with Gasteiger partial charge in [-0.2, -0.15) is 0 Å². The number of hydrogen-bond acceptors (Lipinski definition) is 2. The maximum absolute atomic E-state index is 6.50. The fourth-order valence-corrected chi connectivity index (χ4v) is 5.96. The van der Waals surface area contributed by atoms with Gasteiger partial charge in [-0.25, -0.2) is 0 Å². The number of furan rings is 1. The summed E-state index contributed by atoms with van der Waals surface area (Å²) in [5, 5.41) is 2.40. The minimum Gasteiger partial charge on any atom is -0.456 e. The Morgan fingerprint density at radius 2 is 1.26 bits per heavy atom. The molecule has 5 aromatic carbocycles. The summed E-state index contributed by atoms with van der Waals surface area (Å²) in [6.07, 6.45) is 0. The molecule has 2 heterocycles. The van der Waals surface area contributed by atoms with Crippen LogP contribution in [0.15, 0.2) is 120 Å². The van der Waals surface area contributed by atoms with Crippen LogP contribution in [-0.4, -0.2) is 0 Å². The molecule has 1 fully saturated rings. The SMILES string of the molecule is c1ccc(-c2ccc(N3C4c5c(ccc6c5oc5ccccc56)-c5ccccc5[C@@H]43)cc2)cc1. The molecule has 34 heavy (non-hydrogen) atoms. The van der Waals surface area contributed by atoms with Crippen LogP contribution in [0.4, 0.5) is 5.69 Å². The Balaban J connectivity index is 1.31. The van der Waals surface area contributed by atoms with Crippen molar-refractivity contribution in [3.8, 4) is 22.3 Å². The zero-order valence-electron chi connectivity index (χ0n) is 18.5. The van der Waals surface area contributed by atoms with Gasteiger partial charge in [0.15, 0.2) is 0 Å². The van der Waals surface area contributed by atoms with Gasteiger partial charge in [-0.05, 0) is 52.1 Å². The number of rotatable bonds is 2. The van der Waals surface area contributed by atoms with Crippen LogP contribution >= 0.6 is 0 Å². The Labute approximate surface area is 197 Å². The standard InChI is InChI=1S/C32H21NO/c1-2-8-20(9-3-1)21-14-16-22(17-15-21)33-30-26-12-5-4-10-23(26)25-18-19-27-24-11-6-7-13-28(24)34-32(27)29(25)31(30)33/h1-19,30-31H/t30-,31?,33?/m0/s1. The molecule has 2 aliphatic rings. The van der Waals surface area contributed by atoms with Crippen LogP contribution in [0.2, 0.25) is 0 Å². The van der Waals surface area contributed by atoms with Crippen molar-refractivity contribution in [3.63, 3.8) is 0 Å². The maximum Gasteiger partial charge on any atom is 0.141 e. The highest BCUT2D eigenvalue weighted by molar-refractivity contribution is 6.08. The highest BCUT2D eigenvalue weighted by Gasteiger charge is 2.55. The van der Waals surface area contributed by atoms with Crippen LogP contribution in [0.3, 0.4) is 0 Å². The Morgan fingerprint density at radius 1 is 0.529 bits per heavy atom. The molecule has 1 aliphatic heterocycles. The summed E-state index contributed by atoms with van der Waals surface area (Å²) in [6, 6.07) is 42.0. The van der Waals surface area contributed by atoms with E-state index < -0.39 is 0 Å². The molecule has 2 heteroatoms. The first-order chi connectivity index (χ1) is 16.9. The lowest BCUT2D eigenvalue weighted by molar-refractivity contribution is 0.662. The topological polar surface area (TPSA) is 16.1 Å². The molecule has 1 unspecified atom stereocenters. The maximum atomic E-state index is 6.50. The molecule has 8 rings (SSSR count). The lowest BCUT2D eigenvalue weighted by atomic mass is 9.85. The molecule has 0 saturated carbocycles. The summed E-state index contributed by atoms with van der Waals surface area (Å²) in [6.45, 7) is 0. The van der Waals surface area contributed by atoms with Gasteiger partial charge in [0, 0.05) is 22.0 Å². The van der Waals surface area contributed by atoms with Crippen LogP contribution in [0, 0.1) is 0 Å². The van der Waals surface area contributed by atoms with Crippen molar-refractivity contribution in [3.05, 3.63) is 126 Å². The zero-order valence-corrected chi connectivity index (χ0v) is 18.5. The first-order valence-electron chi connectivity index (χ1n) is 11.9. The third-order valence-corrected chi connectivity index (χ3v) is 7.53. The lowest BCUT2D eigenvalue weighted by Gasteiger charge is -2.17. The average molecular weight is 436 g/mol. The summed E-state index contributed by atoms with van der Waals surface area (Å²) in [7, 11) is 0. The fourth-order valence-electron chi connectivity index (χ4n) is 5.96. The summed E-state index contributed by atoms with van der Waals surface area (Å²) >= 11 is 0. The molecule has 2 atom stereocenters. The minimum absolute atomic E-state index is 0.289. The van der Waals surface area contributed by atoms with Crippen LogP contribution < -0.4 is 4.90 Å². The van der Waals surface area contributed by atoms with E-state index in [0.29, 0.717) is 6.04 Å². The first kappa shape index (κ1) is 18.2. The van der Waals surface area contributed by atoms with E-state index in [0.717, 1.165) is 11.2 Å². The van der Waals surface area contributed by atoms with E-state index in [-0.39, 0.29) is 6.04 Å². The van der Waals surface area contributed by atoms with Crippen molar-refractivity contribution in [1.82, 2.24) is 0 Å². The van der Waals surface area contributed by atoms with Crippen molar-refractivity contribution in [2.75, 3.05) is 4.90 Å². The smallest absolute Gasteiger partial charge is 0.141 e. The molecule has 160 valence electrons. The van der Waals surface area contributed by atoms with Gasteiger partial charge in [0.2, 0.25) is 0 Å².